The number of aromatic amines is 2. The molecule has 0 bridgehead atoms. The number of nitrogens with one attached hydrogen (secondary N) is 2. The van der Waals surface area contributed by atoms with Crippen LogP contribution in [0.25, 0.3) is 32.9 Å². The van der Waals surface area contributed by atoms with Crippen molar-refractivity contribution in [1.29, 1.82) is 0 Å². The summed E-state index contributed by atoms with van der Waals surface area (Å²) < 4.78 is 11.4. The summed E-state index contributed by atoms with van der Waals surface area (Å²) in [7, 11) is 0. The van der Waals surface area contributed by atoms with E-state index in [1.54, 1.807) is 0 Å². The largest absolute Gasteiger partial charge is 0.492 e. The first-order valence-electron chi connectivity index (χ1n) is 10.4. The van der Waals surface area contributed by atoms with Crippen LogP contribution in [-0.4, -0.2) is 54.3 Å². The SMILES string of the molecule is Cc1c(OCCN2CCOCC2)ccc2cc(-c3c[nH]c4ccccc34)c(=O)[nH]c12. The number of ether oxygens (including phenoxy) is 2. The van der Waals surface area contributed by atoms with E-state index in [0.717, 1.165) is 71.5 Å². The maximum absolute atomic E-state index is 12.9. The zero-order chi connectivity index (χ0) is 20.5. The van der Waals surface area contributed by atoms with Crippen molar-refractivity contribution in [1.82, 2.24) is 14.9 Å². The second-order valence-electron chi connectivity index (χ2n) is 7.72. The molecule has 2 aromatic heterocycles. The molecule has 0 atom stereocenters. The fourth-order valence-electron chi connectivity index (χ4n) is 4.16. The van der Waals surface area contributed by atoms with Crippen molar-refractivity contribution in [2.75, 3.05) is 39.5 Å². The molecule has 1 fully saturated rings. The minimum absolute atomic E-state index is 0.0965. The third-order valence-corrected chi connectivity index (χ3v) is 5.88. The number of pyridine rings is 1. The zero-order valence-electron chi connectivity index (χ0n) is 17.0. The summed E-state index contributed by atoms with van der Waals surface area (Å²) >= 11 is 0. The number of benzene rings is 2. The maximum atomic E-state index is 12.9. The van der Waals surface area contributed by atoms with E-state index in [-0.39, 0.29) is 5.56 Å². The van der Waals surface area contributed by atoms with Gasteiger partial charge in [0.15, 0.2) is 0 Å². The summed E-state index contributed by atoms with van der Waals surface area (Å²) in [5, 5.41) is 2.04. The lowest BCUT2D eigenvalue weighted by molar-refractivity contribution is 0.0322. The third kappa shape index (κ3) is 3.49. The zero-order valence-corrected chi connectivity index (χ0v) is 17.0. The van der Waals surface area contributed by atoms with Crippen molar-refractivity contribution in [3.63, 3.8) is 0 Å². The molecule has 6 nitrogen and oxygen atoms in total. The number of aromatic nitrogens is 2. The minimum atomic E-state index is -0.0965. The van der Waals surface area contributed by atoms with Crippen molar-refractivity contribution in [2.24, 2.45) is 0 Å². The van der Waals surface area contributed by atoms with Gasteiger partial charge in [0.2, 0.25) is 0 Å². The summed E-state index contributed by atoms with van der Waals surface area (Å²) in [5.41, 5.74) is 4.29. The molecule has 2 aromatic carbocycles. The summed E-state index contributed by atoms with van der Waals surface area (Å²) in [6.45, 7) is 6.95. The van der Waals surface area contributed by atoms with Crippen molar-refractivity contribution in [3.8, 4) is 16.9 Å². The van der Waals surface area contributed by atoms with E-state index in [4.69, 9.17) is 9.47 Å². The second kappa shape index (κ2) is 7.97. The van der Waals surface area contributed by atoms with Crippen molar-refractivity contribution in [2.45, 2.75) is 6.92 Å². The van der Waals surface area contributed by atoms with Gasteiger partial charge in [0.25, 0.3) is 5.56 Å². The van der Waals surface area contributed by atoms with Gasteiger partial charge in [-0.05, 0) is 36.6 Å². The van der Waals surface area contributed by atoms with Crippen LogP contribution in [0.5, 0.6) is 5.75 Å². The van der Waals surface area contributed by atoms with E-state index in [0.29, 0.717) is 12.2 Å². The number of fused-ring (bicyclic) bond motifs is 2. The maximum Gasteiger partial charge on any atom is 0.256 e. The fraction of sp³-hybridized carbons (Fsp3) is 0.292. The van der Waals surface area contributed by atoms with Crippen LogP contribution in [-0.2, 0) is 4.74 Å². The van der Waals surface area contributed by atoms with Gasteiger partial charge < -0.3 is 19.4 Å². The predicted molar refractivity (Wildman–Crippen MR) is 119 cm³/mol. The number of para-hydroxylation sites is 1. The minimum Gasteiger partial charge on any atom is -0.492 e. The first-order chi connectivity index (χ1) is 14.7. The average molecular weight is 403 g/mol. The van der Waals surface area contributed by atoms with E-state index < -0.39 is 0 Å². The molecule has 30 heavy (non-hydrogen) atoms. The molecule has 0 aliphatic carbocycles. The number of hydrogen-bond acceptors (Lipinski definition) is 4. The highest BCUT2D eigenvalue weighted by molar-refractivity contribution is 5.97. The Labute approximate surface area is 174 Å². The van der Waals surface area contributed by atoms with Crippen LogP contribution in [0.15, 0.2) is 53.5 Å². The second-order valence-corrected chi connectivity index (χ2v) is 7.72. The molecule has 1 saturated heterocycles. The number of H-pyrrole nitrogens is 2. The Balaban J connectivity index is 1.43. The fourth-order valence-corrected chi connectivity index (χ4v) is 4.16. The van der Waals surface area contributed by atoms with Gasteiger partial charge in [0, 0.05) is 53.4 Å². The van der Waals surface area contributed by atoms with E-state index in [9.17, 15) is 4.79 Å². The van der Waals surface area contributed by atoms with Gasteiger partial charge in [-0.3, -0.25) is 9.69 Å². The van der Waals surface area contributed by atoms with Crippen LogP contribution in [0, 0.1) is 6.92 Å². The van der Waals surface area contributed by atoms with E-state index in [1.807, 2.05) is 55.6 Å². The highest BCUT2D eigenvalue weighted by Gasteiger charge is 2.14. The van der Waals surface area contributed by atoms with Crippen molar-refractivity contribution < 1.29 is 9.47 Å². The first kappa shape index (κ1) is 18.9. The van der Waals surface area contributed by atoms with E-state index in [1.165, 1.54) is 0 Å². The molecule has 0 amide bonds. The Morgan fingerprint density at radius 3 is 2.80 bits per heavy atom. The van der Waals surface area contributed by atoms with Crippen molar-refractivity contribution >= 4 is 21.8 Å². The van der Waals surface area contributed by atoms with E-state index >= 15 is 0 Å². The topological polar surface area (TPSA) is 70.3 Å². The lowest BCUT2D eigenvalue weighted by Crippen LogP contribution is -2.38. The normalized spacial score (nSPS) is 15.1. The highest BCUT2D eigenvalue weighted by atomic mass is 16.5. The van der Waals surface area contributed by atoms with Gasteiger partial charge in [-0.25, -0.2) is 0 Å². The molecule has 5 rings (SSSR count). The Bertz CT molecular complexity index is 1250. The lowest BCUT2D eigenvalue weighted by Gasteiger charge is -2.26. The lowest BCUT2D eigenvalue weighted by atomic mass is 10.0. The molecule has 0 radical (unpaired) electrons. The molecule has 1 aliphatic heterocycles. The smallest absolute Gasteiger partial charge is 0.256 e. The van der Waals surface area contributed by atoms with Crippen LogP contribution in [0.2, 0.25) is 0 Å². The molecule has 6 heteroatoms. The van der Waals surface area contributed by atoms with Gasteiger partial charge in [-0.1, -0.05) is 18.2 Å². The number of morpholine rings is 1. The Morgan fingerprint density at radius 1 is 1.10 bits per heavy atom. The van der Waals surface area contributed by atoms with Crippen molar-refractivity contribution in [3.05, 3.63) is 64.6 Å². The van der Waals surface area contributed by atoms with Crippen LogP contribution < -0.4 is 10.3 Å². The summed E-state index contributed by atoms with van der Waals surface area (Å²) in [4.78, 5) is 21.6. The van der Waals surface area contributed by atoms with Gasteiger partial charge in [-0.15, -0.1) is 0 Å². The highest BCUT2D eigenvalue weighted by Crippen LogP contribution is 2.30. The molecule has 2 N–H and O–H groups in total. The van der Waals surface area contributed by atoms with Crippen LogP contribution in [0.3, 0.4) is 0 Å². The van der Waals surface area contributed by atoms with Gasteiger partial charge in [-0.2, -0.15) is 0 Å². The number of rotatable bonds is 5. The molecular formula is C24H25N3O3. The number of nitrogens with zero attached hydrogens (tertiary/aromatic N) is 1. The number of aryl methyl sites for hydroxylation is 1. The van der Waals surface area contributed by atoms with Crippen LogP contribution >= 0.6 is 0 Å². The molecule has 0 unspecified atom stereocenters. The molecule has 154 valence electrons. The van der Waals surface area contributed by atoms with Gasteiger partial charge in [0.1, 0.15) is 12.4 Å². The van der Waals surface area contributed by atoms with E-state index in [2.05, 4.69) is 14.9 Å². The third-order valence-electron chi connectivity index (χ3n) is 5.88. The summed E-state index contributed by atoms with van der Waals surface area (Å²) in [6, 6.07) is 14.0. The van der Waals surface area contributed by atoms with Gasteiger partial charge in [0.05, 0.1) is 18.7 Å². The first-order valence-corrected chi connectivity index (χ1v) is 10.4. The van der Waals surface area contributed by atoms with Crippen LogP contribution in [0.4, 0.5) is 0 Å². The van der Waals surface area contributed by atoms with Crippen LogP contribution in [0.1, 0.15) is 5.56 Å². The van der Waals surface area contributed by atoms with Gasteiger partial charge >= 0.3 is 0 Å². The number of hydrogen-bond donors (Lipinski definition) is 2. The quantitative estimate of drug-likeness (QED) is 0.533. The molecule has 3 heterocycles. The average Bonchev–Trinajstić information content (AvgIpc) is 3.20. The Kier molecular flexibility index (Phi) is 5.02. The Hall–Kier alpha value is -3.09. The molecule has 1 aliphatic rings. The molecular weight excluding hydrogens is 378 g/mol. The molecule has 0 spiro atoms. The monoisotopic (exact) mass is 403 g/mol. The Morgan fingerprint density at radius 2 is 1.93 bits per heavy atom. The standard InChI is InChI=1S/C24H25N3O3/c1-16-22(30-13-10-27-8-11-29-12-9-27)7-6-17-14-19(24(28)26-23(16)17)20-15-25-21-5-3-2-4-18(20)21/h2-7,14-15,25H,8-13H2,1H3,(H,26,28). The summed E-state index contributed by atoms with van der Waals surface area (Å²) in [5.74, 6) is 0.811. The molecule has 0 saturated carbocycles. The molecule has 4 aromatic rings. The predicted octanol–water partition coefficient (Wildman–Crippen LogP) is 3.70. The summed E-state index contributed by atoms with van der Waals surface area (Å²) in [6.07, 6.45) is 1.90.